The van der Waals surface area contributed by atoms with Crippen LogP contribution in [0.3, 0.4) is 0 Å². The third-order valence-electron chi connectivity index (χ3n) is 7.44. The Kier molecular flexibility index (Phi) is 11.4. The van der Waals surface area contributed by atoms with Gasteiger partial charge >= 0.3 is 12.1 Å². The summed E-state index contributed by atoms with van der Waals surface area (Å²) in [5.74, 6) is -2.45. The number of alkyl halides is 5. The molecular formula is C34H37F5O2S. The Morgan fingerprint density at radius 2 is 1.45 bits per heavy atom. The van der Waals surface area contributed by atoms with Gasteiger partial charge in [0.15, 0.2) is 0 Å². The van der Waals surface area contributed by atoms with Crippen LogP contribution in [0.2, 0.25) is 0 Å². The fourth-order valence-corrected chi connectivity index (χ4v) is 6.20. The first-order chi connectivity index (χ1) is 20.2. The fraction of sp³-hybridized carbons (Fsp3) is 0.412. The topological polar surface area (TPSA) is 29.5 Å². The van der Waals surface area contributed by atoms with Crippen molar-refractivity contribution in [3.63, 3.8) is 0 Å². The number of hydrogen-bond acceptors (Lipinski definition) is 3. The van der Waals surface area contributed by atoms with Crippen molar-refractivity contribution in [3.05, 3.63) is 95.1 Å². The molecule has 0 amide bonds. The number of allylic oxidation sites excluding steroid dienone is 1. The zero-order valence-electron chi connectivity index (χ0n) is 23.6. The fourth-order valence-electron chi connectivity index (χ4n) is 5.24. The molecule has 4 rings (SSSR count). The van der Waals surface area contributed by atoms with Crippen LogP contribution in [0.4, 0.5) is 22.0 Å². The summed E-state index contributed by atoms with van der Waals surface area (Å²) in [6.45, 7) is 0.582. The van der Waals surface area contributed by atoms with Crippen molar-refractivity contribution in [2.75, 3.05) is 18.1 Å². The zero-order chi connectivity index (χ0) is 30.0. The number of halogens is 5. The van der Waals surface area contributed by atoms with Crippen LogP contribution in [0.15, 0.2) is 72.8 Å². The molecule has 42 heavy (non-hydrogen) atoms. The van der Waals surface area contributed by atoms with Gasteiger partial charge in [-0.2, -0.15) is 33.7 Å². The van der Waals surface area contributed by atoms with Gasteiger partial charge in [-0.05, 0) is 108 Å². The van der Waals surface area contributed by atoms with Crippen LogP contribution in [-0.4, -0.2) is 35.3 Å². The van der Waals surface area contributed by atoms with Gasteiger partial charge in [0.25, 0.3) is 0 Å². The summed E-state index contributed by atoms with van der Waals surface area (Å²) < 4.78 is 68.3. The molecule has 0 aromatic heterocycles. The van der Waals surface area contributed by atoms with Gasteiger partial charge in [0, 0.05) is 6.42 Å². The smallest absolute Gasteiger partial charge is 0.453 e. The molecule has 0 fully saturated rings. The van der Waals surface area contributed by atoms with Gasteiger partial charge in [-0.15, -0.1) is 0 Å². The number of aromatic hydroxyl groups is 1. The van der Waals surface area contributed by atoms with E-state index in [0.29, 0.717) is 12.4 Å². The summed E-state index contributed by atoms with van der Waals surface area (Å²) in [4.78, 5) is 0. The Labute approximate surface area is 249 Å². The van der Waals surface area contributed by atoms with Crippen molar-refractivity contribution in [2.24, 2.45) is 0 Å². The highest BCUT2D eigenvalue weighted by molar-refractivity contribution is 7.99. The number of thioether (sulfide) groups is 1. The van der Waals surface area contributed by atoms with E-state index in [1.807, 2.05) is 30.3 Å². The van der Waals surface area contributed by atoms with E-state index in [-0.39, 0.29) is 12.2 Å². The second kappa shape index (κ2) is 14.9. The van der Waals surface area contributed by atoms with Crippen LogP contribution < -0.4 is 4.74 Å². The molecule has 0 atom stereocenters. The summed E-state index contributed by atoms with van der Waals surface area (Å²) >= 11 is 1.43. The van der Waals surface area contributed by atoms with Gasteiger partial charge in [-0.1, -0.05) is 61.4 Å². The lowest BCUT2D eigenvalue weighted by Gasteiger charge is -2.19. The van der Waals surface area contributed by atoms with Gasteiger partial charge in [0.05, 0.1) is 6.61 Å². The van der Waals surface area contributed by atoms with Crippen molar-refractivity contribution in [2.45, 2.75) is 69.9 Å². The van der Waals surface area contributed by atoms with E-state index in [9.17, 15) is 27.1 Å². The molecule has 0 saturated carbocycles. The molecule has 2 nitrogen and oxygen atoms in total. The maximum Gasteiger partial charge on any atom is 0.453 e. The van der Waals surface area contributed by atoms with E-state index in [0.717, 1.165) is 73.1 Å². The van der Waals surface area contributed by atoms with Crippen LogP contribution in [0, 0.1) is 0 Å². The molecule has 226 valence electrons. The molecule has 1 aliphatic carbocycles. The molecule has 0 aliphatic heterocycles. The number of rotatable bonds is 14. The molecule has 0 spiro atoms. The summed E-state index contributed by atoms with van der Waals surface area (Å²) in [5.41, 5.74) is 7.09. The molecule has 3 aromatic rings. The normalized spacial score (nSPS) is 14.0. The van der Waals surface area contributed by atoms with Crippen LogP contribution in [0.5, 0.6) is 11.5 Å². The first-order valence-electron chi connectivity index (χ1n) is 14.5. The Hall–Kier alpha value is -3.00. The Morgan fingerprint density at radius 3 is 2.19 bits per heavy atom. The molecule has 1 aliphatic rings. The average Bonchev–Trinajstić information content (AvgIpc) is 3.15. The second-order valence-corrected chi connectivity index (χ2v) is 11.8. The number of fused-ring (bicyclic) bond motifs is 1. The van der Waals surface area contributed by atoms with Crippen molar-refractivity contribution in [3.8, 4) is 11.5 Å². The quantitative estimate of drug-likeness (QED) is 0.147. The summed E-state index contributed by atoms with van der Waals surface area (Å²) in [5, 5.41) is 10.1. The van der Waals surface area contributed by atoms with E-state index in [4.69, 9.17) is 4.74 Å². The Bertz CT molecular complexity index is 1300. The minimum atomic E-state index is -5.46. The van der Waals surface area contributed by atoms with Crippen LogP contribution >= 0.6 is 11.8 Å². The monoisotopic (exact) mass is 604 g/mol. The number of benzene rings is 3. The maximum absolute atomic E-state index is 12.9. The van der Waals surface area contributed by atoms with E-state index in [1.165, 1.54) is 28.5 Å². The van der Waals surface area contributed by atoms with Crippen molar-refractivity contribution in [1.82, 2.24) is 0 Å². The number of unbranched alkanes of at least 4 members (excludes halogenated alkanes) is 3. The molecule has 0 bridgehead atoms. The lowest BCUT2D eigenvalue weighted by molar-refractivity contribution is -0.284. The van der Waals surface area contributed by atoms with E-state index >= 15 is 0 Å². The van der Waals surface area contributed by atoms with Gasteiger partial charge in [0.1, 0.15) is 11.5 Å². The van der Waals surface area contributed by atoms with Gasteiger partial charge in [0.2, 0.25) is 0 Å². The highest BCUT2D eigenvalue weighted by Gasteiger charge is 2.56. The minimum Gasteiger partial charge on any atom is -0.508 e. The molecular weight excluding hydrogens is 567 g/mol. The van der Waals surface area contributed by atoms with E-state index in [1.54, 1.807) is 6.07 Å². The molecule has 0 heterocycles. The molecule has 0 saturated heterocycles. The number of phenols is 1. The molecule has 0 unspecified atom stereocenters. The van der Waals surface area contributed by atoms with Crippen LogP contribution in [0.1, 0.15) is 73.6 Å². The lowest BCUT2D eigenvalue weighted by Crippen LogP contribution is -2.36. The third-order valence-corrected chi connectivity index (χ3v) is 8.60. The van der Waals surface area contributed by atoms with Crippen molar-refractivity contribution < 1.29 is 31.8 Å². The summed E-state index contributed by atoms with van der Waals surface area (Å²) in [7, 11) is 0. The number of phenolic OH excluding ortho intramolecular Hbond substituents is 1. The maximum atomic E-state index is 12.9. The highest BCUT2D eigenvalue weighted by Crippen LogP contribution is 2.41. The first kappa shape index (κ1) is 31.9. The van der Waals surface area contributed by atoms with Crippen molar-refractivity contribution in [1.29, 1.82) is 0 Å². The third kappa shape index (κ3) is 8.76. The second-order valence-electron chi connectivity index (χ2n) is 10.6. The highest BCUT2D eigenvalue weighted by atomic mass is 32.2. The first-order valence-corrected chi connectivity index (χ1v) is 15.7. The predicted molar refractivity (Wildman–Crippen MR) is 161 cm³/mol. The van der Waals surface area contributed by atoms with Gasteiger partial charge in [-0.3, -0.25) is 0 Å². The zero-order valence-corrected chi connectivity index (χ0v) is 24.4. The molecule has 3 aromatic carbocycles. The lowest BCUT2D eigenvalue weighted by atomic mass is 9.88. The number of aryl methyl sites for hydroxylation is 1. The molecule has 8 heteroatoms. The SMILES string of the molecule is Oc1ccc2c(c1)CCCC(c1ccccc1)=C2c1ccc(OCCCCCCSCCCC(F)(F)C(F)(F)F)cc1. The Balaban J connectivity index is 1.25. The standard InChI is InChI=1S/C34H37F5O2S/c35-33(36,34(37,38)39)20-9-23-42-22-7-2-1-6-21-41-29-17-14-26(15-18-29)32-30(25-10-4-3-5-11-25)13-8-12-27-24-28(40)16-19-31(27)32/h3-5,10-11,14-19,24,40H,1-2,6-9,12-13,20-23H2. The van der Waals surface area contributed by atoms with E-state index in [2.05, 4.69) is 36.4 Å². The van der Waals surface area contributed by atoms with Crippen LogP contribution in [-0.2, 0) is 6.42 Å². The molecule has 1 N–H and O–H groups in total. The average molecular weight is 605 g/mol. The minimum absolute atomic E-state index is 0.148. The number of hydrogen-bond donors (Lipinski definition) is 1. The van der Waals surface area contributed by atoms with Gasteiger partial charge in [-0.25, -0.2) is 0 Å². The predicted octanol–water partition coefficient (Wildman–Crippen LogP) is 10.3. The van der Waals surface area contributed by atoms with E-state index < -0.39 is 18.5 Å². The molecule has 0 radical (unpaired) electrons. The van der Waals surface area contributed by atoms with Crippen molar-refractivity contribution >= 4 is 22.9 Å². The van der Waals surface area contributed by atoms with Gasteiger partial charge < -0.3 is 9.84 Å². The largest absolute Gasteiger partial charge is 0.508 e. The summed E-state index contributed by atoms with van der Waals surface area (Å²) in [6, 6.07) is 24.3. The summed E-state index contributed by atoms with van der Waals surface area (Å²) in [6.07, 6.45) is -0.207. The number of ether oxygens (including phenoxy) is 1. The Morgan fingerprint density at radius 1 is 0.738 bits per heavy atom. The van der Waals surface area contributed by atoms with Crippen LogP contribution in [0.25, 0.3) is 11.1 Å².